The molecule has 2 fully saturated rings. The van der Waals surface area contributed by atoms with Crippen LogP contribution in [0.15, 0.2) is 53.5 Å². The number of aromatic hydroxyl groups is 2. The van der Waals surface area contributed by atoms with Crippen molar-refractivity contribution in [2.75, 3.05) is 20.3 Å². The fourth-order valence-electron chi connectivity index (χ4n) is 11.7. The van der Waals surface area contributed by atoms with E-state index < -0.39 is 12.2 Å². The van der Waals surface area contributed by atoms with Crippen LogP contribution in [0, 0.1) is 41.4 Å². The molecule has 318 valence electrons. The predicted molar refractivity (Wildman–Crippen MR) is 231 cm³/mol. The van der Waals surface area contributed by atoms with Crippen LogP contribution >= 0.6 is 0 Å². The summed E-state index contributed by atoms with van der Waals surface area (Å²) in [6.45, 7) is 7.32. The summed E-state index contributed by atoms with van der Waals surface area (Å²) in [4.78, 5) is 4.36. The van der Waals surface area contributed by atoms with Crippen molar-refractivity contribution in [1.82, 2.24) is 0 Å². The molecule has 2 saturated carbocycles. The Bertz CT molecular complexity index is 2060. The predicted octanol–water partition coefficient (Wildman–Crippen LogP) is 8.10. The lowest BCUT2D eigenvalue weighted by Crippen LogP contribution is -2.46. The Morgan fingerprint density at radius 3 is 2.54 bits per heavy atom. The fraction of sp³-hybridized carbons (Fsp3) is 0.571. The first kappa shape index (κ1) is 41.3. The number of benzene rings is 3. The smallest absolute Gasteiger partial charge is 0.185 e. The molecule has 3 aromatic rings. The minimum absolute atomic E-state index is 0.0591. The van der Waals surface area contributed by atoms with E-state index in [0.717, 1.165) is 103 Å². The number of aliphatic imine (C=N–C) groups is 1. The van der Waals surface area contributed by atoms with Crippen LogP contribution in [0.1, 0.15) is 112 Å². The van der Waals surface area contributed by atoms with Crippen LogP contribution in [-0.2, 0) is 19.3 Å². The van der Waals surface area contributed by atoms with Gasteiger partial charge in [-0.25, -0.2) is 0 Å². The zero-order valence-electron chi connectivity index (χ0n) is 35.3. The van der Waals surface area contributed by atoms with Gasteiger partial charge in [0.15, 0.2) is 17.5 Å². The molecule has 1 aliphatic heterocycles. The highest BCUT2D eigenvalue weighted by molar-refractivity contribution is 5.84. The maximum atomic E-state index is 12.1. The van der Waals surface area contributed by atoms with Gasteiger partial charge in [-0.05, 0) is 145 Å². The minimum atomic E-state index is -0.868. The van der Waals surface area contributed by atoms with E-state index in [1.54, 1.807) is 13.2 Å². The van der Waals surface area contributed by atoms with Gasteiger partial charge < -0.3 is 46.1 Å². The van der Waals surface area contributed by atoms with Crippen LogP contribution in [0.25, 0.3) is 11.1 Å². The van der Waals surface area contributed by atoms with Crippen LogP contribution in [0.4, 0.5) is 0 Å². The molecule has 0 aromatic heterocycles. The Balaban J connectivity index is 1.16. The van der Waals surface area contributed by atoms with Gasteiger partial charge in [-0.2, -0.15) is 0 Å². The number of ether oxygens (including phenoxy) is 3. The Kier molecular flexibility index (Phi) is 12.1. The summed E-state index contributed by atoms with van der Waals surface area (Å²) in [5.74, 6) is 4.72. The molecule has 1 heterocycles. The van der Waals surface area contributed by atoms with Gasteiger partial charge in [0.25, 0.3) is 0 Å². The zero-order valence-corrected chi connectivity index (χ0v) is 35.3. The summed E-state index contributed by atoms with van der Waals surface area (Å²) in [5.41, 5.74) is 18.4. The summed E-state index contributed by atoms with van der Waals surface area (Å²) in [5, 5.41) is 44.4. The molecule has 0 amide bonds. The van der Waals surface area contributed by atoms with Crippen molar-refractivity contribution >= 4 is 5.96 Å². The highest BCUT2D eigenvalue weighted by Gasteiger charge is 2.45. The topological polar surface area (TPSA) is 173 Å². The third kappa shape index (κ3) is 8.11. The second-order valence-corrected chi connectivity index (χ2v) is 18.6. The Morgan fingerprint density at radius 1 is 0.966 bits per heavy atom. The Hall–Kier alpha value is -4.41. The number of hydrogen-bond donors (Lipinski definition) is 6. The standard InChI is InChI=1S/C49H65N3O7/c1-5-27-18-30(11-9-28(27)15-16-53)36-19-33-21-40(55)34(17-26(2)3)20-37(33)46-44(57-4)24-42-38(45(36)46)23-41(56)48(58-42)31-13-14-39(54)43(22-31)59-47-29-7-6-8-35(47)32(12-10-29)25-52-49(50)51/h9,11,13-14,20-22,24,26-30,32,35-36,41,47-48,53-56H,5-8,10,12,15-19,23,25H2,1-4H3,(H4,50,51,52)/t27-,28-,29+,30+,32-,35+,36-,41+,47+,48-/m0/s1. The largest absolute Gasteiger partial charge is 0.508 e. The molecule has 5 aliphatic rings. The Morgan fingerprint density at radius 2 is 1.80 bits per heavy atom. The molecule has 2 bridgehead atoms. The summed E-state index contributed by atoms with van der Waals surface area (Å²) in [7, 11) is 1.70. The van der Waals surface area contributed by atoms with Crippen LogP contribution in [0.5, 0.6) is 28.7 Å². The SMILES string of the molecule is CC[C@H]1C[C@H]([C@@H]2Cc3cc(O)c(CC(C)C)cc3-c3c(OC)cc4c(c32)C[C@@H](O)[C@H](c2ccc(O)c(O[C@@H]3[C@@H]5CCC[C@@H]3[C@H](CN=C(N)N)CC5)c2)O4)C=C[C@H]1CCO. The second kappa shape index (κ2) is 17.3. The van der Waals surface area contributed by atoms with Gasteiger partial charge in [-0.15, -0.1) is 0 Å². The van der Waals surface area contributed by atoms with Crippen molar-refractivity contribution in [3.8, 4) is 39.9 Å². The van der Waals surface area contributed by atoms with E-state index in [0.29, 0.717) is 65.6 Å². The number of aliphatic hydroxyl groups excluding tert-OH is 2. The van der Waals surface area contributed by atoms with Gasteiger partial charge in [0, 0.05) is 42.7 Å². The van der Waals surface area contributed by atoms with E-state index >= 15 is 0 Å². The van der Waals surface area contributed by atoms with Crippen LogP contribution in [-0.4, -0.2) is 58.9 Å². The second-order valence-electron chi connectivity index (χ2n) is 18.6. The average molecular weight is 808 g/mol. The van der Waals surface area contributed by atoms with Gasteiger partial charge in [-0.1, -0.05) is 51.8 Å². The highest BCUT2D eigenvalue weighted by atomic mass is 16.5. The quantitative estimate of drug-likeness (QED) is 0.0601. The van der Waals surface area contributed by atoms with E-state index in [-0.39, 0.29) is 42.2 Å². The van der Waals surface area contributed by atoms with E-state index in [1.807, 2.05) is 24.3 Å². The van der Waals surface area contributed by atoms with Crippen molar-refractivity contribution in [3.63, 3.8) is 0 Å². The lowest BCUT2D eigenvalue weighted by Gasteiger charge is -2.46. The van der Waals surface area contributed by atoms with E-state index in [1.165, 1.54) is 0 Å². The monoisotopic (exact) mass is 807 g/mol. The summed E-state index contributed by atoms with van der Waals surface area (Å²) < 4.78 is 19.9. The van der Waals surface area contributed by atoms with Gasteiger partial charge in [0.05, 0.1) is 13.2 Å². The van der Waals surface area contributed by atoms with E-state index in [4.69, 9.17) is 25.7 Å². The lowest BCUT2D eigenvalue weighted by molar-refractivity contribution is -0.0266. The van der Waals surface area contributed by atoms with Crippen molar-refractivity contribution in [3.05, 3.63) is 76.4 Å². The molecule has 0 saturated heterocycles. The van der Waals surface area contributed by atoms with Gasteiger partial charge >= 0.3 is 0 Å². The summed E-state index contributed by atoms with van der Waals surface area (Å²) in [6, 6.07) is 11.4. The number of fused-ring (bicyclic) bond motifs is 7. The minimum Gasteiger partial charge on any atom is -0.508 e. The fourth-order valence-corrected chi connectivity index (χ4v) is 11.7. The van der Waals surface area contributed by atoms with Crippen LogP contribution in [0.2, 0.25) is 0 Å². The first-order valence-electron chi connectivity index (χ1n) is 22.2. The molecule has 4 aliphatic carbocycles. The van der Waals surface area contributed by atoms with E-state index in [2.05, 4.69) is 44.0 Å². The molecule has 0 unspecified atom stereocenters. The number of nitrogens with zero attached hydrogens (tertiary/aromatic N) is 1. The van der Waals surface area contributed by atoms with Gasteiger partial charge in [0.1, 0.15) is 29.5 Å². The molecule has 3 aromatic carbocycles. The number of nitrogens with two attached hydrogens (primary N) is 2. The lowest BCUT2D eigenvalue weighted by atomic mass is 9.64. The Labute approximate surface area is 349 Å². The van der Waals surface area contributed by atoms with Crippen LogP contribution in [0.3, 0.4) is 0 Å². The number of phenols is 2. The van der Waals surface area contributed by atoms with Gasteiger partial charge in [0.2, 0.25) is 0 Å². The molecule has 59 heavy (non-hydrogen) atoms. The molecule has 0 radical (unpaired) electrons. The van der Waals surface area contributed by atoms with Crippen molar-refractivity contribution in [2.45, 2.75) is 116 Å². The maximum Gasteiger partial charge on any atom is 0.185 e. The molecule has 10 heteroatoms. The normalized spacial score (nSPS) is 29.5. The molecule has 8 rings (SSSR count). The third-order valence-corrected chi connectivity index (χ3v) is 14.5. The molecule has 10 atom stereocenters. The van der Waals surface area contributed by atoms with Crippen molar-refractivity contribution in [2.24, 2.45) is 57.9 Å². The number of guanidine groups is 1. The third-order valence-electron chi connectivity index (χ3n) is 14.5. The molecular formula is C49H65N3O7. The number of hydrogen-bond acceptors (Lipinski definition) is 8. The zero-order chi connectivity index (χ0) is 41.5. The maximum absolute atomic E-state index is 12.1. The summed E-state index contributed by atoms with van der Waals surface area (Å²) >= 11 is 0. The van der Waals surface area contributed by atoms with Gasteiger partial charge in [-0.3, -0.25) is 4.99 Å². The molecule has 10 nitrogen and oxygen atoms in total. The number of methoxy groups -OCH3 is 1. The number of phenolic OH excluding ortho intramolecular Hbond substituents is 2. The summed E-state index contributed by atoms with van der Waals surface area (Å²) in [6.07, 6.45) is 13.0. The number of aliphatic hydroxyl groups is 2. The highest BCUT2D eigenvalue weighted by Crippen LogP contribution is 2.56. The molecular weight excluding hydrogens is 743 g/mol. The van der Waals surface area contributed by atoms with Crippen molar-refractivity contribution < 1.29 is 34.6 Å². The number of rotatable bonds is 12. The molecule has 8 N–H and O–H groups in total. The first-order chi connectivity index (χ1) is 28.5. The first-order valence-corrected chi connectivity index (χ1v) is 22.2. The molecule has 0 spiro atoms. The van der Waals surface area contributed by atoms with Crippen LogP contribution < -0.4 is 25.7 Å². The van der Waals surface area contributed by atoms with E-state index in [9.17, 15) is 20.4 Å². The average Bonchev–Trinajstić information content (AvgIpc) is 3.21. The number of allylic oxidation sites excluding steroid dienone is 2. The van der Waals surface area contributed by atoms with Crippen molar-refractivity contribution in [1.29, 1.82) is 0 Å².